The molecule has 5 rings (SSSR count). The fourth-order valence-corrected chi connectivity index (χ4v) is 5.51. The second-order valence-corrected chi connectivity index (χ2v) is 12.0. The normalized spacial score (nSPS) is 16.4. The Labute approximate surface area is 242 Å². The number of nitrogens with zero attached hydrogens (tertiary/aromatic N) is 2. The number of hydrogen-bond donors (Lipinski definition) is 0. The van der Waals surface area contributed by atoms with Crippen molar-refractivity contribution in [2.75, 3.05) is 38.8 Å². The van der Waals surface area contributed by atoms with E-state index in [4.69, 9.17) is 23.4 Å². The van der Waals surface area contributed by atoms with Crippen molar-refractivity contribution in [1.29, 1.82) is 0 Å². The highest BCUT2D eigenvalue weighted by Gasteiger charge is 2.24. The van der Waals surface area contributed by atoms with Crippen LogP contribution in [0.1, 0.15) is 24.8 Å². The summed E-state index contributed by atoms with van der Waals surface area (Å²) < 4.78 is 48.8. The number of ether oxygens (including phenoxy) is 3. The lowest BCUT2D eigenvalue weighted by Crippen LogP contribution is -2.35. The number of rotatable bonds is 11. The first-order chi connectivity index (χ1) is 19.8. The zero-order valence-electron chi connectivity index (χ0n) is 23.7. The summed E-state index contributed by atoms with van der Waals surface area (Å²) in [5, 5.41) is 0.933. The minimum Gasteiger partial charge on any atom is -0.491 e. The van der Waals surface area contributed by atoms with Gasteiger partial charge in [-0.05, 0) is 74.7 Å². The molecule has 1 aliphatic heterocycles. The first-order valence-corrected chi connectivity index (χ1v) is 15.2. The van der Waals surface area contributed by atoms with Crippen molar-refractivity contribution in [1.82, 2.24) is 4.98 Å². The molecule has 4 aromatic rings. The molecular formula is C32H36N2O6S. The van der Waals surface area contributed by atoms with Crippen LogP contribution >= 0.6 is 0 Å². The molecule has 0 N–H and O–H groups in total. The summed E-state index contributed by atoms with van der Waals surface area (Å²) in [4.78, 5) is 6.99. The lowest BCUT2D eigenvalue weighted by molar-refractivity contribution is -0.198. The first-order valence-electron chi connectivity index (χ1n) is 13.8. The van der Waals surface area contributed by atoms with Crippen LogP contribution < -0.4 is 9.64 Å². The molecule has 0 unspecified atom stereocenters. The molecule has 1 fully saturated rings. The topological polar surface area (TPSA) is 87.2 Å². The van der Waals surface area contributed by atoms with Crippen molar-refractivity contribution >= 4 is 26.7 Å². The smallest absolute Gasteiger partial charge is 0.297 e. The minimum atomic E-state index is -3.95. The van der Waals surface area contributed by atoms with Gasteiger partial charge in [0.15, 0.2) is 6.29 Å². The predicted molar refractivity (Wildman–Crippen MR) is 160 cm³/mol. The van der Waals surface area contributed by atoms with Gasteiger partial charge in [-0.1, -0.05) is 35.9 Å². The van der Waals surface area contributed by atoms with Gasteiger partial charge in [0, 0.05) is 37.3 Å². The Hall–Kier alpha value is -3.50. The van der Waals surface area contributed by atoms with E-state index in [-0.39, 0.29) is 18.1 Å². The fourth-order valence-electron chi connectivity index (χ4n) is 4.57. The monoisotopic (exact) mass is 576 g/mol. The van der Waals surface area contributed by atoms with E-state index in [2.05, 4.69) is 29.2 Å². The fraction of sp³-hybridized carbons (Fsp3) is 0.344. The summed E-state index contributed by atoms with van der Waals surface area (Å²) in [7, 11) is 0.0851. The molecule has 1 aromatic heterocycles. The highest BCUT2D eigenvalue weighted by Crippen LogP contribution is 2.26. The second-order valence-electron chi connectivity index (χ2n) is 10.4. The second kappa shape index (κ2) is 13.0. The van der Waals surface area contributed by atoms with Crippen LogP contribution in [0.25, 0.3) is 22.2 Å². The molecule has 0 saturated carbocycles. The van der Waals surface area contributed by atoms with Crippen LogP contribution in [0.5, 0.6) is 5.75 Å². The number of aromatic nitrogens is 1. The van der Waals surface area contributed by atoms with E-state index in [1.807, 2.05) is 51.4 Å². The van der Waals surface area contributed by atoms with E-state index in [0.717, 1.165) is 52.7 Å². The third-order valence-electron chi connectivity index (χ3n) is 6.98. The Morgan fingerprint density at radius 1 is 0.951 bits per heavy atom. The molecule has 8 nitrogen and oxygen atoms in total. The zero-order chi connectivity index (χ0) is 28.8. The molecule has 2 heterocycles. The van der Waals surface area contributed by atoms with Gasteiger partial charge >= 0.3 is 0 Å². The molecule has 9 heteroatoms. The van der Waals surface area contributed by atoms with E-state index in [1.54, 1.807) is 12.1 Å². The van der Waals surface area contributed by atoms with Gasteiger partial charge in [-0.15, -0.1) is 0 Å². The number of aryl methyl sites for hydroxylation is 1. The van der Waals surface area contributed by atoms with E-state index < -0.39 is 22.5 Å². The Morgan fingerprint density at radius 3 is 2.44 bits per heavy atom. The van der Waals surface area contributed by atoms with Crippen LogP contribution in [0.4, 0.5) is 5.69 Å². The van der Waals surface area contributed by atoms with Crippen molar-refractivity contribution < 1.29 is 26.8 Å². The summed E-state index contributed by atoms with van der Waals surface area (Å²) in [6, 6.07) is 24.5. The predicted octanol–water partition coefficient (Wildman–Crippen LogP) is 5.97. The van der Waals surface area contributed by atoms with Crippen LogP contribution in [-0.4, -0.2) is 59.7 Å². The van der Waals surface area contributed by atoms with Crippen molar-refractivity contribution in [2.24, 2.45) is 0 Å². The largest absolute Gasteiger partial charge is 0.491 e. The van der Waals surface area contributed by atoms with Gasteiger partial charge in [-0.3, -0.25) is 4.18 Å². The molecule has 0 aliphatic carbocycles. The minimum absolute atomic E-state index is 0.0958. The Kier molecular flexibility index (Phi) is 9.19. The summed E-state index contributed by atoms with van der Waals surface area (Å²) in [5.74, 6) is 0.627. The van der Waals surface area contributed by atoms with E-state index >= 15 is 0 Å². The van der Waals surface area contributed by atoms with E-state index in [0.29, 0.717) is 12.4 Å². The zero-order valence-corrected chi connectivity index (χ0v) is 24.5. The number of hydrogen-bond acceptors (Lipinski definition) is 8. The van der Waals surface area contributed by atoms with Gasteiger partial charge in [0.25, 0.3) is 10.1 Å². The average Bonchev–Trinajstić information content (AvgIpc) is 2.99. The van der Waals surface area contributed by atoms with Crippen LogP contribution in [0.3, 0.4) is 0 Å². The third-order valence-corrected chi connectivity index (χ3v) is 8.27. The third kappa shape index (κ3) is 7.62. The van der Waals surface area contributed by atoms with Gasteiger partial charge in [0.05, 0.1) is 22.7 Å². The van der Waals surface area contributed by atoms with Gasteiger partial charge in [-0.2, -0.15) is 8.42 Å². The van der Waals surface area contributed by atoms with Crippen molar-refractivity contribution in [3.8, 4) is 17.0 Å². The van der Waals surface area contributed by atoms with Gasteiger partial charge < -0.3 is 19.1 Å². The van der Waals surface area contributed by atoms with Crippen LogP contribution in [0.2, 0.25) is 0 Å². The SMILES string of the molecule is Cc1ccc(S(=O)(=O)OC[C@@H](COc2ccc3nc(-c4ccc(N(C)C)cc4)ccc3c2)O[C@H]2CCCCO2)cc1. The molecule has 2 atom stereocenters. The first kappa shape index (κ1) is 29.0. The molecule has 0 bridgehead atoms. The molecule has 0 radical (unpaired) electrons. The lowest BCUT2D eigenvalue weighted by atomic mass is 10.1. The Bertz CT molecular complexity index is 1550. The van der Waals surface area contributed by atoms with Gasteiger partial charge in [0.2, 0.25) is 0 Å². The number of benzene rings is 3. The summed E-state index contributed by atoms with van der Waals surface area (Å²) in [6.45, 7) is 2.41. The Morgan fingerprint density at radius 2 is 1.73 bits per heavy atom. The van der Waals surface area contributed by atoms with Crippen LogP contribution in [0.15, 0.2) is 83.8 Å². The summed E-state index contributed by atoms with van der Waals surface area (Å²) in [6.07, 6.45) is 1.63. The standard InChI is InChI=1S/C32H36N2O6S/c1-23-7-15-29(16-8-23)41(35,36)39-22-28(40-32-6-4-5-19-37-32)21-38-27-14-18-31-25(20-27)11-17-30(33-31)24-9-12-26(13-10-24)34(2)3/h7-18,20,28,32H,4-6,19,21-22H2,1-3H3/t28-,32+/m1/s1. The molecule has 216 valence electrons. The highest BCUT2D eigenvalue weighted by atomic mass is 32.2. The summed E-state index contributed by atoms with van der Waals surface area (Å²) in [5.41, 5.74) is 4.88. The highest BCUT2D eigenvalue weighted by molar-refractivity contribution is 7.86. The maximum absolute atomic E-state index is 12.8. The lowest BCUT2D eigenvalue weighted by Gasteiger charge is -2.27. The number of fused-ring (bicyclic) bond motifs is 1. The molecule has 0 spiro atoms. The van der Waals surface area contributed by atoms with Gasteiger partial charge in [0.1, 0.15) is 18.5 Å². The average molecular weight is 577 g/mol. The van der Waals surface area contributed by atoms with Crippen molar-refractivity contribution in [2.45, 2.75) is 43.5 Å². The van der Waals surface area contributed by atoms with E-state index in [1.165, 1.54) is 12.1 Å². The summed E-state index contributed by atoms with van der Waals surface area (Å²) >= 11 is 0. The molecule has 41 heavy (non-hydrogen) atoms. The number of pyridine rings is 1. The maximum Gasteiger partial charge on any atom is 0.297 e. The molecular weight excluding hydrogens is 540 g/mol. The quantitative estimate of drug-likeness (QED) is 0.202. The Balaban J connectivity index is 1.26. The van der Waals surface area contributed by atoms with Crippen molar-refractivity contribution in [3.05, 3.63) is 84.4 Å². The molecule has 3 aromatic carbocycles. The van der Waals surface area contributed by atoms with Crippen LogP contribution in [-0.2, 0) is 23.8 Å². The maximum atomic E-state index is 12.8. The number of anilines is 1. The molecule has 1 saturated heterocycles. The van der Waals surface area contributed by atoms with Crippen molar-refractivity contribution in [3.63, 3.8) is 0 Å². The molecule has 0 amide bonds. The van der Waals surface area contributed by atoms with Gasteiger partial charge in [-0.25, -0.2) is 4.98 Å². The van der Waals surface area contributed by atoms with E-state index in [9.17, 15) is 8.42 Å². The van der Waals surface area contributed by atoms with Crippen LogP contribution in [0, 0.1) is 6.92 Å². The molecule has 1 aliphatic rings.